The van der Waals surface area contributed by atoms with Crippen molar-refractivity contribution >= 4 is 15.7 Å². The summed E-state index contributed by atoms with van der Waals surface area (Å²) >= 11 is 0. The molecule has 2 nitrogen and oxygen atoms in total. The van der Waals surface area contributed by atoms with Crippen LogP contribution in [0.25, 0.3) is 0 Å². The first-order valence-electron chi connectivity index (χ1n) is 5.94. The van der Waals surface area contributed by atoms with Gasteiger partial charge in [-0.2, -0.15) is 0 Å². The van der Waals surface area contributed by atoms with Crippen LogP contribution >= 0.6 is 0 Å². The molecule has 4 heteroatoms. The van der Waals surface area contributed by atoms with Gasteiger partial charge in [-0.25, -0.2) is 0 Å². The topological polar surface area (TPSA) is 18.5 Å². The zero-order chi connectivity index (χ0) is 11.9. The molecule has 0 spiro atoms. The molecule has 0 bridgehead atoms. The highest BCUT2D eigenvalue weighted by Gasteiger charge is 2.53. The molecule has 0 saturated carbocycles. The van der Waals surface area contributed by atoms with E-state index in [1.807, 2.05) is 0 Å². The van der Waals surface area contributed by atoms with Gasteiger partial charge >= 0.3 is 0 Å². The maximum atomic E-state index is 6.41. The Kier molecular flexibility index (Phi) is 3.56. The van der Waals surface area contributed by atoms with Crippen molar-refractivity contribution in [1.82, 2.24) is 0 Å². The fourth-order valence-electron chi connectivity index (χ4n) is 2.32. The van der Waals surface area contributed by atoms with E-state index in [1.165, 1.54) is 12.5 Å². The van der Waals surface area contributed by atoms with Crippen molar-refractivity contribution in [2.75, 3.05) is 0 Å². The van der Waals surface area contributed by atoms with Crippen molar-refractivity contribution < 1.29 is 8.85 Å². The molecule has 15 heavy (non-hydrogen) atoms. The first-order chi connectivity index (χ1) is 6.56. The predicted octanol–water partition coefficient (Wildman–Crippen LogP) is 3.47. The van der Waals surface area contributed by atoms with Crippen molar-refractivity contribution in [1.29, 1.82) is 0 Å². The van der Waals surface area contributed by atoms with E-state index < -0.39 is 15.7 Å². The lowest BCUT2D eigenvalue weighted by molar-refractivity contribution is 0.109. The molecular weight excluding hydrogens is 220 g/mol. The van der Waals surface area contributed by atoms with Gasteiger partial charge in [-0.3, -0.25) is 0 Å². The molecule has 1 heterocycles. The Balaban J connectivity index is 2.82. The minimum atomic E-state index is -1.62. The summed E-state index contributed by atoms with van der Waals surface area (Å²) in [5.74, 6) is 0. The predicted molar refractivity (Wildman–Crippen MR) is 69.9 cm³/mol. The van der Waals surface area contributed by atoms with E-state index >= 15 is 0 Å². The Morgan fingerprint density at radius 3 is 2.13 bits per heavy atom. The highest BCUT2D eigenvalue weighted by Crippen LogP contribution is 2.36. The Labute approximate surface area is 96.4 Å². The molecular formula is C11H26O2Si2. The lowest BCUT2D eigenvalue weighted by Crippen LogP contribution is -2.66. The van der Waals surface area contributed by atoms with Gasteiger partial charge < -0.3 is 8.85 Å². The second-order valence-electron chi connectivity index (χ2n) is 6.42. The lowest BCUT2D eigenvalue weighted by Gasteiger charge is -2.48. The first kappa shape index (κ1) is 13.4. The van der Waals surface area contributed by atoms with Gasteiger partial charge in [-0.1, -0.05) is 0 Å². The van der Waals surface area contributed by atoms with Crippen LogP contribution in [0.4, 0.5) is 0 Å². The summed E-state index contributed by atoms with van der Waals surface area (Å²) in [6.45, 7) is 15.7. The monoisotopic (exact) mass is 246 g/mol. The van der Waals surface area contributed by atoms with Crippen LogP contribution in [-0.4, -0.2) is 27.4 Å². The SMILES string of the molecule is CC1CC[Si](C)(OC(C)(C)C)[Si](C)(C)O1. The van der Waals surface area contributed by atoms with Gasteiger partial charge in [0.15, 0.2) is 0 Å². The van der Waals surface area contributed by atoms with Gasteiger partial charge in [0.2, 0.25) is 15.7 Å². The molecule has 0 amide bonds. The average Bonchev–Trinajstić information content (AvgIpc) is 1.94. The molecule has 1 aliphatic rings. The van der Waals surface area contributed by atoms with Gasteiger partial charge in [0.1, 0.15) is 0 Å². The summed E-state index contributed by atoms with van der Waals surface area (Å²) in [6.07, 6.45) is 1.62. The van der Waals surface area contributed by atoms with Gasteiger partial charge in [-0.05, 0) is 59.8 Å². The van der Waals surface area contributed by atoms with E-state index in [0.29, 0.717) is 6.10 Å². The van der Waals surface area contributed by atoms with E-state index in [4.69, 9.17) is 8.85 Å². The van der Waals surface area contributed by atoms with Crippen molar-refractivity contribution in [2.24, 2.45) is 0 Å². The molecule has 2 atom stereocenters. The summed E-state index contributed by atoms with van der Waals surface area (Å²) in [6, 6.07) is 1.27. The Bertz CT molecular complexity index is 235. The van der Waals surface area contributed by atoms with Crippen molar-refractivity contribution in [3.8, 4) is 0 Å². The third kappa shape index (κ3) is 3.15. The number of hydrogen-bond donors (Lipinski definition) is 0. The van der Waals surface area contributed by atoms with Crippen LogP contribution in [0.1, 0.15) is 34.1 Å². The molecule has 90 valence electrons. The Morgan fingerprint density at radius 2 is 1.73 bits per heavy atom. The summed E-state index contributed by atoms with van der Waals surface area (Å²) in [4.78, 5) is 0. The van der Waals surface area contributed by atoms with Crippen LogP contribution in [0, 0.1) is 0 Å². The molecule has 1 rings (SSSR count). The molecule has 1 aliphatic heterocycles. The van der Waals surface area contributed by atoms with Crippen LogP contribution in [0.2, 0.25) is 25.7 Å². The number of hydrogen-bond acceptors (Lipinski definition) is 2. The maximum Gasteiger partial charge on any atom is 0.208 e. The average molecular weight is 246 g/mol. The molecule has 1 fully saturated rings. The van der Waals surface area contributed by atoms with Crippen LogP contribution in [-0.2, 0) is 8.85 Å². The van der Waals surface area contributed by atoms with Crippen LogP contribution in [0.3, 0.4) is 0 Å². The Hall–Kier alpha value is 0.354. The summed E-state index contributed by atoms with van der Waals surface area (Å²) in [5.41, 5.74) is -0.0187. The minimum Gasteiger partial charge on any atom is -0.415 e. The third-order valence-electron chi connectivity index (χ3n) is 3.33. The van der Waals surface area contributed by atoms with Gasteiger partial charge in [-0.15, -0.1) is 0 Å². The van der Waals surface area contributed by atoms with E-state index in [2.05, 4.69) is 47.3 Å². The highest BCUT2D eigenvalue weighted by atomic mass is 29.3. The third-order valence-corrected chi connectivity index (χ3v) is 18.2. The van der Waals surface area contributed by atoms with Crippen LogP contribution in [0.5, 0.6) is 0 Å². The minimum absolute atomic E-state index is 0.0187. The largest absolute Gasteiger partial charge is 0.415 e. The molecule has 0 aromatic heterocycles. The first-order valence-corrected chi connectivity index (χ1v) is 12.5. The zero-order valence-electron chi connectivity index (χ0n) is 11.3. The van der Waals surface area contributed by atoms with E-state index in [-0.39, 0.29) is 5.60 Å². The van der Waals surface area contributed by atoms with Gasteiger partial charge in [0, 0.05) is 11.7 Å². The summed E-state index contributed by atoms with van der Waals surface area (Å²) in [7, 11) is -3.23. The second-order valence-corrected chi connectivity index (χ2v) is 19.6. The highest BCUT2D eigenvalue weighted by molar-refractivity contribution is 7.36. The molecule has 0 aliphatic carbocycles. The lowest BCUT2D eigenvalue weighted by atomic mass is 10.2. The van der Waals surface area contributed by atoms with Crippen molar-refractivity contribution in [2.45, 2.75) is 71.5 Å². The van der Waals surface area contributed by atoms with Crippen molar-refractivity contribution in [3.05, 3.63) is 0 Å². The standard InChI is InChI=1S/C11H26O2Si2/c1-10-8-9-15(7,13-11(2,3)4)14(5,6)12-10/h10H,8-9H2,1-7H3. The van der Waals surface area contributed by atoms with Crippen LogP contribution in [0.15, 0.2) is 0 Å². The van der Waals surface area contributed by atoms with E-state index in [9.17, 15) is 0 Å². The number of rotatable bonds is 1. The zero-order valence-corrected chi connectivity index (χ0v) is 13.3. The van der Waals surface area contributed by atoms with E-state index in [1.54, 1.807) is 0 Å². The normalized spacial score (nSPS) is 36.6. The molecule has 0 aromatic rings. The molecule has 0 aromatic carbocycles. The van der Waals surface area contributed by atoms with E-state index in [0.717, 1.165) is 0 Å². The molecule has 1 saturated heterocycles. The van der Waals surface area contributed by atoms with Crippen LogP contribution < -0.4 is 0 Å². The maximum absolute atomic E-state index is 6.41. The second kappa shape index (κ2) is 3.98. The van der Waals surface area contributed by atoms with Crippen molar-refractivity contribution in [3.63, 3.8) is 0 Å². The fraction of sp³-hybridized carbons (Fsp3) is 1.00. The molecule has 0 radical (unpaired) electrons. The Morgan fingerprint density at radius 1 is 1.20 bits per heavy atom. The molecule has 2 unspecified atom stereocenters. The summed E-state index contributed by atoms with van der Waals surface area (Å²) in [5, 5.41) is 0. The van der Waals surface area contributed by atoms with Gasteiger partial charge in [0.25, 0.3) is 0 Å². The molecule has 0 N–H and O–H groups in total. The van der Waals surface area contributed by atoms with Gasteiger partial charge in [0.05, 0.1) is 0 Å². The quantitative estimate of drug-likeness (QED) is 0.660. The fourth-order valence-corrected chi connectivity index (χ4v) is 12.2. The summed E-state index contributed by atoms with van der Waals surface area (Å²) < 4.78 is 12.6. The smallest absolute Gasteiger partial charge is 0.208 e.